The molecular weight excluding hydrogens is 154 g/mol. The summed E-state index contributed by atoms with van der Waals surface area (Å²) in [4.78, 5) is 2.15. The summed E-state index contributed by atoms with van der Waals surface area (Å²) in [7, 11) is 2.03. The number of likely N-dealkylation sites (tertiary alicyclic amines) is 1. The molecule has 2 unspecified atom stereocenters. The minimum absolute atomic E-state index is 0.0833. The first-order valence-corrected chi connectivity index (χ1v) is 4.48. The van der Waals surface area contributed by atoms with E-state index in [-0.39, 0.29) is 12.2 Å². The molecule has 3 nitrogen and oxygen atoms in total. The average molecular weight is 175 g/mol. The quantitative estimate of drug-likeness (QED) is 0.557. The highest BCUT2D eigenvalue weighted by molar-refractivity contribution is 4.77. The fourth-order valence-corrected chi connectivity index (χ4v) is 1.19. The van der Waals surface area contributed by atoms with Crippen LogP contribution in [0.1, 0.15) is 20.8 Å². The van der Waals surface area contributed by atoms with Gasteiger partial charge in [0, 0.05) is 19.2 Å². The topological polar surface area (TPSA) is 43.7 Å². The van der Waals surface area contributed by atoms with Gasteiger partial charge >= 0.3 is 0 Å². The van der Waals surface area contributed by atoms with Crippen molar-refractivity contribution in [3.8, 4) is 0 Å². The molecule has 0 spiro atoms. The molecule has 0 aromatic heterocycles. The summed E-state index contributed by atoms with van der Waals surface area (Å²) >= 11 is 0. The molecule has 0 saturated carbocycles. The van der Waals surface area contributed by atoms with Gasteiger partial charge in [0.1, 0.15) is 0 Å². The largest absolute Gasteiger partial charge is 0.394 e. The first kappa shape index (κ1) is 11.9. The number of likely N-dealkylation sites (N-methyl/N-ethyl adjacent to an activating group) is 1. The van der Waals surface area contributed by atoms with Gasteiger partial charge in [-0.25, -0.2) is 0 Å². The Balaban J connectivity index is 0.000000261. The number of nitrogens with zero attached hydrogens (tertiary/aromatic N) is 1. The standard InChI is InChI=1S/C6H13NO.C3H8O/c1-5-3-7(2)4-6(5)8;1-3(2)4/h5-6,8H,3-4H2,1-2H3;3-4H,1-2H3. The molecule has 1 heterocycles. The van der Waals surface area contributed by atoms with Crippen molar-refractivity contribution < 1.29 is 10.2 Å². The van der Waals surface area contributed by atoms with Crippen LogP contribution in [0.4, 0.5) is 0 Å². The molecule has 1 rings (SSSR count). The fraction of sp³-hybridized carbons (Fsp3) is 1.00. The second-order valence-corrected chi connectivity index (χ2v) is 3.86. The third kappa shape index (κ3) is 5.52. The van der Waals surface area contributed by atoms with Crippen molar-refractivity contribution in [2.45, 2.75) is 33.0 Å². The Bertz CT molecular complexity index is 104. The summed E-state index contributed by atoms with van der Waals surface area (Å²) in [6, 6.07) is 0. The van der Waals surface area contributed by atoms with Crippen LogP contribution in [0.5, 0.6) is 0 Å². The zero-order valence-electron chi connectivity index (χ0n) is 8.49. The van der Waals surface area contributed by atoms with E-state index >= 15 is 0 Å². The highest BCUT2D eigenvalue weighted by atomic mass is 16.3. The van der Waals surface area contributed by atoms with E-state index in [1.165, 1.54) is 0 Å². The Labute approximate surface area is 75.0 Å². The van der Waals surface area contributed by atoms with E-state index in [2.05, 4.69) is 11.8 Å². The van der Waals surface area contributed by atoms with Crippen molar-refractivity contribution in [2.24, 2.45) is 5.92 Å². The van der Waals surface area contributed by atoms with Crippen LogP contribution in [0.25, 0.3) is 0 Å². The maximum Gasteiger partial charge on any atom is 0.0704 e. The van der Waals surface area contributed by atoms with Gasteiger partial charge in [-0.1, -0.05) is 6.92 Å². The van der Waals surface area contributed by atoms with E-state index in [0.717, 1.165) is 13.1 Å². The van der Waals surface area contributed by atoms with Crippen LogP contribution in [0.3, 0.4) is 0 Å². The van der Waals surface area contributed by atoms with E-state index < -0.39 is 0 Å². The molecule has 0 aromatic rings. The SMILES string of the molecule is CC(C)O.CC1CN(C)CC1O. The zero-order valence-corrected chi connectivity index (χ0v) is 8.49. The van der Waals surface area contributed by atoms with Gasteiger partial charge in [0.05, 0.1) is 6.10 Å². The molecule has 2 atom stereocenters. The first-order valence-electron chi connectivity index (χ1n) is 4.48. The third-order valence-electron chi connectivity index (χ3n) is 1.76. The minimum atomic E-state index is -0.167. The molecule has 2 N–H and O–H groups in total. The Kier molecular flexibility index (Phi) is 5.46. The van der Waals surface area contributed by atoms with E-state index in [0.29, 0.717) is 5.92 Å². The van der Waals surface area contributed by atoms with Crippen LogP contribution >= 0.6 is 0 Å². The summed E-state index contributed by atoms with van der Waals surface area (Å²) in [6.07, 6.45) is -0.250. The lowest BCUT2D eigenvalue weighted by molar-refractivity contribution is 0.151. The predicted molar refractivity (Wildman–Crippen MR) is 50.0 cm³/mol. The Hall–Kier alpha value is -0.120. The highest BCUT2D eigenvalue weighted by Crippen LogP contribution is 2.12. The second-order valence-electron chi connectivity index (χ2n) is 3.86. The van der Waals surface area contributed by atoms with Crippen molar-refractivity contribution in [1.29, 1.82) is 0 Å². The molecule has 3 heteroatoms. The van der Waals surface area contributed by atoms with Gasteiger partial charge in [0.2, 0.25) is 0 Å². The van der Waals surface area contributed by atoms with Crippen LogP contribution in [0, 0.1) is 5.92 Å². The Morgan fingerprint density at radius 2 is 1.75 bits per heavy atom. The van der Waals surface area contributed by atoms with E-state index in [4.69, 9.17) is 10.2 Å². The maximum absolute atomic E-state index is 9.13. The van der Waals surface area contributed by atoms with Gasteiger partial charge in [-0.3, -0.25) is 0 Å². The lowest BCUT2D eigenvalue weighted by Gasteiger charge is -2.02. The number of rotatable bonds is 0. The van der Waals surface area contributed by atoms with Gasteiger partial charge in [-0.15, -0.1) is 0 Å². The molecule has 0 amide bonds. The number of aliphatic hydroxyl groups excluding tert-OH is 2. The number of aliphatic hydroxyl groups is 2. The molecule has 1 fully saturated rings. The van der Waals surface area contributed by atoms with E-state index in [9.17, 15) is 0 Å². The molecule has 0 bridgehead atoms. The van der Waals surface area contributed by atoms with Crippen LogP contribution in [0.15, 0.2) is 0 Å². The summed E-state index contributed by atoms with van der Waals surface area (Å²) in [5.41, 5.74) is 0. The van der Waals surface area contributed by atoms with Gasteiger partial charge < -0.3 is 15.1 Å². The smallest absolute Gasteiger partial charge is 0.0704 e. The summed E-state index contributed by atoms with van der Waals surface area (Å²) < 4.78 is 0. The predicted octanol–water partition coefficient (Wildman–Crippen LogP) is 0.316. The molecular formula is C9H21NO2. The summed E-state index contributed by atoms with van der Waals surface area (Å²) in [6.45, 7) is 7.41. The maximum atomic E-state index is 9.13. The third-order valence-corrected chi connectivity index (χ3v) is 1.76. The fourth-order valence-electron chi connectivity index (χ4n) is 1.19. The van der Waals surface area contributed by atoms with Crippen molar-refractivity contribution in [2.75, 3.05) is 20.1 Å². The molecule has 74 valence electrons. The van der Waals surface area contributed by atoms with Gasteiger partial charge in [0.15, 0.2) is 0 Å². The Morgan fingerprint density at radius 3 is 1.83 bits per heavy atom. The van der Waals surface area contributed by atoms with Crippen molar-refractivity contribution in [1.82, 2.24) is 4.90 Å². The van der Waals surface area contributed by atoms with Crippen molar-refractivity contribution in [3.05, 3.63) is 0 Å². The molecule has 1 aliphatic rings. The number of hydrogen-bond donors (Lipinski definition) is 2. The normalized spacial score (nSPS) is 30.2. The van der Waals surface area contributed by atoms with Crippen LogP contribution < -0.4 is 0 Å². The highest BCUT2D eigenvalue weighted by Gasteiger charge is 2.24. The van der Waals surface area contributed by atoms with E-state index in [1.54, 1.807) is 13.8 Å². The summed E-state index contributed by atoms with van der Waals surface area (Å²) in [5, 5.41) is 17.2. The lowest BCUT2D eigenvalue weighted by Crippen LogP contribution is -2.16. The van der Waals surface area contributed by atoms with Gasteiger partial charge in [-0.2, -0.15) is 0 Å². The van der Waals surface area contributed by atoms with Crippen molar-refractivity contribution in [3.63, 3.8) is 0 Å². The Morgan fingerprint density at radius 1 is 1.33 bits per heavy atom. The van der Waals surface area contributed by atoms with Crippen LogP contribution in [-0.4, -0.2) is 47.5 Å². The number of hydrogen-bond acceptors (Lipinski definition) is 3. The molecule has 12 heavy (non-hydrogen) atoms. The van der Waals surface area contributed by atoms with Crippen LogP contribution in [-0.2, 0) is 0 Å². The zero-order chi connectivity index (χ0) is 9.72. The molecule has 1 aliphatic heterocycles. The first-order chi connectivity index (χ1) is 5.43. The molecule has 0 radical (unpaired) electrons. The lowest BCUT2D eigenvalue weighted by atomic mass is 10.1. The van der Waals surface area contributed by atoms with Crippen LogP contribution in [0.2, 0.25) is 0 Å². The van der Waals surface area contributed by atoms with E-state index in [1.807, 2.05) is 7.05 Å². The van der Waals surface area contributed by atoms with Crippen molar-refractivity contribution >= 4 is 0 Å². The number of β-amino-alcohol motifs (C(OH)–C–C–N with tert-alkyl or cyclic N) is 1. The summed E-state index contributed by atoms with van der Waals surface area (Å²) in [5.74, 6) is 0.472. The minimum Gasteiger partial charge on any atom is -0.394 e. The van der Waals surface area contributed by atoms with Gasteiger partial charge in [-0.05, 0) is 26.8 Å². The second kappa shape index (κ2) is 5.51. The molecule has 0 aliphatic carbocycles. The monoisotopic (exact) mass is 175 g/mol. The van der Waals surface area contributed by atoms with Gasteiger partial charge in [0.25, 0.3) is 0 Å². The molecule has 0 aromatic carbocycles. The average Bonchev–Trinajstić information content (AvgIpc) is 2.08. The molecule has 1 saturated heterocycles.